The lowest BCUT2D eigenvalue weighted by Crippen LogP contribution is -2.15. The van der Waals surface area contributed by atoms with Crippen molar-refractivity contribution < 1.29 is 4.79 Å². The minimum atomic E-state index is -0.124. The number of carbonyl (C=O) groups excluding carboxylic acids is 1. The first-order chi connectivity index (χ1) is 17.1. The number of nitrogens with one attached hydrogen (secondary N) is 1. The van der Waals surface area contributed by atoms with Gasteiger partial charge in [0, 0.05) is 38.3 Å². The van der Waals surface area contributed by atoms with Gasteiger partial charge in [-0.1, -0.05) is 48.0 Å². The zero-order valence-electron chi connectivity index (χ0n) is 19.1. The molecule has 0 saturated heterocycles. The average molecular weight is 496 g/mol. The van der Waals surface area contributed by atoms with Crippen LogP contribution in [0.3, 0.4) is 0 Å². The summed E-state index contributed by atoms with van der Waals surface area (Å²) in [6, 6.07) is 21.7. The maximum absolute atomic E-state index is 13.5. The van der Waals surface area contributed by atoms with E-state index in [0.717, 1.165) is 68.9 Å². The van der Waals surface area contributed by atoms with Crippen LogP contribution in [0, 0.1) is 6.92 Å². The predicted molar refractivity (Wildman–Crippen MR) is 144 cm³/mol. The lowest BCUT2D eigenvalue weighted by molar-refractivity contribution is 0.102. The molecule has 172 valence electrons. The molecule has 5 aromatic rings. The first-order valence-electron chi connectivity index (χ1n) is 11.6. The standard InChI is InChI=1S/C29H22ClN3OS/c1-17-5-2-3-6-21(17)29-33-26(16-35-29)18-9-12-20(13-10-18)31-28(34)27-22-7-4-8-24(22)32-25-14-11-19(30)15-23(25)27/h2-3,5-6,9-16H,4,7-8H2,1H3,(H,31,34). The molecule has 0 bridgehead atoms. The second-order valence-corrected chi connectivity index (χ2v) is 10.1. The predicted octanol–water partition coefficient (Wildman–Crippen LogP) is 7.73. The van der Waals surface area contributed by atoms with Gasteiger partial charge in [0.25, 0.3) is 5.91 Å². The summed E-state index contributed by atoms with van der Waals surface area (Å²) in [5.41, 5.74) is 8.62. The van der Waals surface area contributed by atoms with E-state index >= 15 is 0 Å². The molecule has 3 aromatic carbocycles. The van der Waals surface area contributed by atoms with Gasteiger partial charge in [-0.3, -0.25) is 9.78 Å². The van der Waals surface area contributed by atoms with Crippen molar-refractivity contribution in [2.45, 2.75) is 26.2 Å². The molecule has 0 saturated carbocycles. The largest absolute Gasteiger partial charge is 0.322 e. The molecule has 1 amide bonds. The van der Waals surface area contributed by atoms with Crippen LogP contribution in [-0.4, -0.2) is 15.9 Å². The molecule has 0 atom stereocenters. The molecule has 0 fully saturated rings. The molecule has 35 heavy (non-hydrogen) atoms. The second-order valence-electron chi connectivity index (χ2n) is 8.81. The van der Waals surface area contributed by atoms with Crippen LogP contribution >= 0.6 is 22.9 Å². The molecule has 0 radical (unpaired) electrons. The van der Waals surface area contributed by atoms with Crippen molar-refractivity contribution in [2.75, 3.05) is 5.32 Å². The first kappa shape index (κ1) is 22.0. The van der Waals surface area contributed by atoms with Crippen molar-refractivity contribution in [1.29, 1.82) is 0 Å². The number of carbonyl (C=O) groups is 1. The summed E-state index contributed by atoms with van der Waals surface area (Å²) in [5.74, 6) is -0.124. The number of amides is 1. The van der Waals surface area contributed by atoms with Crippen LogP contribution in [0.25, 0.3) is 32.7 Å². The number of nitrogens with zero attached hydrogens (tertiary/aromatic N) is 2. The van der Waals surface area contributed by atoms with Crippen molar-refractivity contribution >= 4 is 45.4 Å². The topological polar surface area (TPSA) is 54.9 Å². The molecule has 2 heterocycles. The summed E-state index contributed by atoms with van der Waals surface area (Å²) in [5, 5.41) is 7.58. The third kappa shape index (κ3) is 4.11. The van der Waals surface area contributed by atoms with Gasteiger partial charge in [-0.2, -0.15) is 0 Å². The number of halogens is 1. The Hall–Kier alpha value is -3.54. The number of anilines is 1. The fourth-order valence-electron chi connectivity index (χ4n) is 4.75. The third-order valence-electron chi connectivity index (χ3n) is 6.52. The molecule has 0 aliphatic heterocycles. The van der Waals surface area contributed by atoms with Crippen molar-refractivity contribution in [3.05, 3.63) is 99.5 Å². The Balaban J connectivity index is 1.28. The van der Waals surface area contributed by atoms with Crippen molar-refractivity contribution in [3.63, 3.8) is 0 Å². The van der Waals surface area contributed by atoms with E-state index in [1.807, 2.05) is 54.6 Å². The lowest BCUT2D eigenvalue weighted by Gasteiger charge is -2.13. The molecule has 0 unspecified atom stereocenters. The van der Waals surface area contributed by atoms with Gasteiger partial charge in [-0.15, -0.1) is 11.3 Å². The number of benzene rings is 3. The SMILES string of the molecule is Cc1ccccc1-c1nc(-c2ccc(NC(=O)c3c4c(nc5ccc(Cl)cc35)CCC4)cc2)cs1. The first-order valence-corrected chi connectivity index (χ1v) is 12.9. The van der Waals surface area contributed by atoms with E-state index in [1.165, 1.54) is 5.56 Å². The second kappa shape index (κ2) is 8.91. The van der Waals surface area contributed by atoms with Crippen LogP contribution in [0.15, 0.2) is 72.1 Å². The number of fused-ring (bicyclic) bond motifs is 2. The molecule has 6 rings (SSSR count). The Morgan fingerprint density at radius 2 is 1.83 bits per heavy atom. The Kier molecular flexibility index (Phi) is 5.59. The monoisotopic (exact) mass is 495 g/mol. The number of aromatic nitrogens is 2. The highest BCUT2D eigenvalue weighted by atomic mass is 35.5. The smallest absolute Gasteiger partial charge is 0.256 e. The molecule has 2 aromatic heterocycles. The van der Waals surface area contributed by atoms with Gasteiger partial charge in [0.15, 0.2) is 0 Å². The Bertz CT molecular complexity index is 1590. The van der Waals surface area contributed by atoms with Crippen LogP contribution < -0.4 is 5.32 Å². The number of hydrogen-bond donors (Lipinski definition) is 1. The van der Waals surface area contributed by atoms with E-state index in [-0.39, 0.29) is 5.91 Å². The zero-order chi connectivity index (χ0) is 23.9. The fourth-order valence-corrected chi connectivity index (χ4v) is 5.85. The van der Waals surface area contributed by atoms with Crippen LogP contribution in [0.5, 0.6) is 0 Å². The molecule has 4 nitrogen and oxygen atoms in total. The van der Waals surface area contributed by atoms with E-state index in [4.69, 9.17) is 21.6 Å². The van der Waals surface area contributed by atoms with Crippen molar-refractivity contribution in [3.8, 4) is 21.8 Å². The van der Waals surface area contributed by atoms with E-state index in [0.29, 0.717) is 10.6 Å². The quantitative estimate of drug-likeness (QED) is 0.277. The highest BCUT2D eigenvalue weighted by Crippen LogP contribution is 2.33. The lowest BCUT2D eigenvalue weighted by atomic mass is 10.0. The number of thiazole rings is 1. The van der Waals surface area contributed by atoms with E-state index in [2.05, 4.69) is 29.8 Å². The molecule has 0 spiro atoms. The van der Waals surface area contributed by atoms with E-state index < -0.39 is 0 Å². The highest BCUT2D eigenvalue weighted by molar-refractivity contribution is 7.13. The fraction of sp³-hybridized carbons (Fsp3) is 0.138. The molecule has 1 aliphatic carbocycles. The van der Waals surface area contributed by atoms with Crippen molar-refractivity contribution in [1.82, 2.24) is 9.97 Å². The van der Waals surface area contributed by atoms with Gasteiger partial charge in [-0.05, 0) is 67.6 Å². The molecular formula is C29H22ClN3OS. The van der Waals surface area contributed by atoms with Crippen molar-refractivity contribution in [2.24, 2.45) is 0 Å². The maximum atomic E-state index is 13.5. The summed E-state index contributed by atoms with van der Waals surface area (Å²) in [6.45, 7) is 2.10. The minimum absolute atomic E-state index is 0.124. The molecular weight excluding hydrogens is 474 g/mol. The normalized spacial score (nSPS) is 12.6. The van der Waals surface area contributed by atoms with Gasteiger partial charge in [-0.25, -0.2) is 4.98 Å². The third-order valence-corrected chi connectivity index (χ3v) is 7.63. The Labute approximate surface area is 212 Å². The van der Waals surface area contributed by atoms with Gasteiger partial charge in [0.05, 0.1) is 16.8 Å². The number of pyridine rings is 1. The van der Waals surface area contributed by atoms with Gasteiger partial charge >= 0.3 is 0 Å². The van der Waals surface area contributed by atoms with Crippen LogP contribution in [0.1, 0.15) is 33.6 Å². The van der Waals surface area contributed by atoms with Crippen LogP contribution in [0.4, 0.5) is 5.69 Å². The summed E-state index contributed by atoms with van der Waals surface area (Å²) >= 11 is 7.91. The molecule has 1 N–H and O–H groups in total. The molecule has 6 heteroatoms. The van der Waals surface area contributed by atoms with Crippen LogP contribution in [0.2, 0.25) is 5.02 Å². The summed E-state index contributed by atoms with van der Waals surface area (Å²) in [4.78, 5) is 23.1. The molecule has 1 aliphatic rings. The Morgan fingerprint density at radius 3 is 2.66 bits per heavy atom. The van der Waals surface area contributed by atoms with Gasteiger partial charge in [0.2, 0.25) is 0 Å². The zero-order valence-corrected chi connectivity index (χ0v) is 20.7. The number of rotatable bonds is 4. The van der Waals surface area contributed by atoms with E-state index in [9.17, 15) is 4.79 Å². The summed E-state index contributed by atoms with van der Waals surface area (Å²) < 4.78 is 0. The minimum Gasteiger partial charge on any atom is -0.322 e. The van der Waals surface area contributed by atoms with E-state index in [1.54, 1.807) is 11.3 Å². The number of aryl methyl sites for hydroxylation is 2. The maximum Gasteiger partial charge on any atom is 0.256 e. The average Bonchev–Trinajstić information content (AvgIpc) is 3.53. The summed E-state index contributed by atoms with van der Waals surface area (Å²) in [6.07, 6.45) is 2.78. The van der Waals surface area contributed by atoms with Gasteiger partial charge in [0.1, 0.15) is 5.01 Å². The highest BCUT2D eigenvalue weighted by Gasteiger charge is 2.24. The Morgan fingerprint density at radius 1 is 1.00 bits per heavy atom. The van der Waals surface area contributed by atoms with Crippen LogP contribution in [-0.2, 0) is 12.8 Å². The summed E-state index contributed by atoms with van der Waals surface area (Å²) in [7, 11) is 0. The van der Waals surface area contributed by atoms with Gasteiger partial charge < -0.3 is 5.32 Å². The number of hydrogen-bond acceptors (Lipinski definition) is 4.